The molecule has 0 radical (unpaired) electrons. The summed E-state index contributed by atoms with van der Waals surface area (Å²) in [7, 11) is 1.66. The van der Waals surface area contributed by atoms with Crippen LogP contribution in [-0.4, -0.2) is 16.8 Å². The molecule has 1 aliphatic rings. The Kier molecular flexibility index (Phi) is 4.52. The van der Waals surface area contributed by atoms with Gasteiger partial charge >= 0.3 is 0 Å². The minimum Gasteiger partial charge on any atom is -0.492 e. The molecule has 0 unspecified atom stereocenters. The molecule has 0 bridgehead atoms. The molecule has 0 fully saturated rings. The van der Waals surface area contributed by atoms with Crippen molar-refractivity contribution in [3.63, 3.8) is 0 Å². The van der Waals surface area contributed by atoms with Crippen LogP contribution in [0.5, 0.6) is 11.5 Å². The summed E-state index contributed by atoms with van der Waals surface area (Å²) in [6.45, 7) is 1.15. The van der Waals surface area contributed by atoms with Crippen molar-refractivity contribution in [3.05, 3.63) is 90.1 Å². The van der Waals surface area contributed by atoms with Crippen LogP contribution in [0.1, 0.15) is 16.7 Å². The number of nitrogen functional groups attached to an aromatic ring is 1. The van der Waals surface area contributed by atoms with E-state index in [0.717, 1.165) is 33.2 Å². The number of hydrogen-bond donors (Lipinski definition) is 1. The smallest absolute Gasteiger partial charge is 0.168 e. The lowest BCUT2D eigenvalue weighted by molar-refractivity contribution is 0.286. The molecule has 0 spiro atoms. The summed E-state index contributed by atoms with van der Waals surface area (Å²) < 4.78 is 13.8. The summed E-state index contributed by atoms with van der Waals surface area (Å²) in [5.41, 5.74) is 10.6. The second-order valence-electron chi connectivity index (χ2n) is 7.19. The Morgan fingerprint density at radius 3 is 2.73 bits per heavy atom. The lowest BCUT2D eigenvalue weighted by Gasteiger charge is -2.27. The fourth-order valence-corrected chi connectivity index (χ4v) is 3.87. The Labute approximate surface area is 174 Å². The molecule has 2 heterocycles. The highest BCUT2D eigenvalue weighted by Gasteiger charge is 2.20. The third-order valence-corrected chi connectivity index (χ3v) is 5.38. The fraction of sp³-hybridized carbons (Fsp3) is 0.125. The molecular formula is C24H22N4O2. The summed E-state index contributed by atoms with van der Waals surface area (Å²) in [6, 6.07) is 16.2. The van der Waals surface area contributed by atoms with Gasteiger partial charge in [0.05, 0.1) is 13.7 Å². The van der Waals surface area contributed by atoms with Crippen molar-refractivity contribution in [2.45, 2.75) is 13.2 Å². The number of methoxy groups -OCH3 is 1. The number of hydrogen-bond acceptors (Lipinski definition) is 5. The highest BCUT2D eigenvalue weighted by Crippen LogP contribution is 2.41. The first kappa shape index (κ1) is 18.1. The first-order chi connectivity index (χ1) is 14.7. The van der Waals surface area contributed by atoms with Crippen LogP contribution in [0.2, 0.25) is 0 Å². The Balaban J connectivity index is 1.54. The van der Waals surface area contributed by atoms with Crippen LogP contribution in [-0.2, 0) is 13.2 Å². The van der Waals surface area contributed by atoms with Crippen LogP contribution in [0.4, 0.5) is 5.69 Å². The van der Waals surface area contributed by atoms with Gasteiger partial charge in [-0.15, -0.1) is 0 Å². The van der Waals surface area contributed by atoms with Crippen LogP contribution in [0.3, 0.4) is 0 Å². The zero-order valence-electron chi connectivity index (χ0n) is 16.7. The number of aromatic nitrogens is 2. The second-order valence-corrected chi connectivity index (χ2v) is 7.19. The Morgan fingerprint density at radius 1 is 1.10 bits per heavy atom. The molecule has 4 aromatic rings. The molecule has 150 valence electrons. The maximum absolute atomic E-state index is 6.56. The van der Waals surface area contributed by atoms with Crippen molar-refractivity contribution in [3.8, 4) is 11.5 Å². The number of ether oxygens (including phenoxy) is 2. The molecule has 0 aliphatic carbocycles. The van der Waals surface area contributed by atoms with Gasteiger partial charge in [0, 0.05) is 40.6 Å². The standard InChI is InChI=1S/C24H22N4O2/c1-29-24-21-13-18-14-27(28-12-10-26-16-28)11-9-19(18)23(25)20(21)7-8-22(24)30-15-17-5-3-2-4-6-17/h2-13,16H,14-15,25H2,1H3. The van der Waals surface area contributed by atoms with E-state index >= 15 is 0 Å². The van der Waals surface area contributed by atoms with Gasteiger partial charge in [-0.05, 0) is 35.4 Å². The van der Waals surface area contributed by atoms with Crippen LogP contribution < -0.4 is 20.2 Å². The Bertz CT molecular complexity index is 1220. The van der Waals surface area contributed by atoms with Gasteiger partial charge in [-0.2, -0.15) is 0 Å². The van der Waals surface area contributed by atoms with E-state index in [1.165, 1.54) is 0 Å². The van der Waals surface area contributed by atoms with Crippen molar-refractivity contribution in [2.24, 2.45) is 0 Å². The van der Waals surface area contributed by atoms with E-state index in [1.807, 2.05) is 65.6 Å². The summed E-state index contributed by atoms with van der Waals surface area (Å²) in [5, 5.41) is 3.97. The van der Waals surface area contributed by atoms with Gasteiger partial charge in [0.1, 0.15) is 12.9 Å². The van der Waals surface area contributed by atoms with Gasteiger partial charge in [-0.25, -0.2) is 9.66 Å². The third kappa shape index (κ3) is 3.12. The van der Waals surface area contributed by atoms with E-state index in [-0.39, 0.29) is 0 Å². The van der Waals surface area contributed by atoms with Gasteiger partial charge in [0.25, 0.3) is 0 Å². The van der Waals surface area contributed by atoms with Crippen molar-refractivity contribution in [2.75, 3.05) is 17.9 Å². The third-order valence-electron chi connectivity index (χ3n) is 5.38. The van der Waals surface area contributed by atoms with Gasteiger partial charge in [0.2, 0.25) is 0 Å². The molecule has 5 rings (SSSR count). The molecule has 2 N–H and O–H groups in total. The maximum Gasteiger partial charge on any atom is 0.168 e. The molecule has 0 amide bonds. The number of nitrogens with zero attached hydrogens (tertiary/aromatic N) is 3. The van der Waals surface area contributed by atoms with E-state index < -0.39 is 0 Å². The van der Waals surface area contributed by atoms with Gasteiger partial charge in [-0.1, -0.05) is 30.3 Å². The van der Waals surface area contributed by atoms with Crippen LogP contribution in [0, 0.1) is 0 Å². The predicted molar refractivity (Wildman–Crippen MR) is 119 cm³/mol. The topological polar surface area (TPSA) is 65.5 Å². The number of anilines is 1. The average molecular weight is 398 g/mol. The summed E-state index contributed by atoms with van der Waals surface area (Å²) in [5.74, 6) is 1.40. The van der Waals surface area contributed by atoms with E-state index in [1.54, 1.807) is 19.6 Å². The summed E-state index contributed by atoms with van der Waals surface area (Å²) >= 11 is 0. The number of imidazole rings is 1. The largest absolute Gasteiger partial charge is 0.492 e. The maximum atomic E-state index is 6.56. The molecule has 3 aromatic carbocycles. The zero-order valence-corrected chi connectivity index (χ0v) is 16.7. The minimum atomic E-state index is 0.472. The van der Waals surface area contributed by atoms with Crippen molar-refractivity contribution in [1.29, 1.82) is 0 Å². The first-order valence-corrected chi connectivity index (χ1v) is 9.76. The van der Waals surface area contributed by atoms with Crippen molar-refractivity contribution in [1.82, 2.24) is 9.66 Å². The zero-order chi connectivity index (χ0) is 20.5. The Morgan fingerprint density at radius 2 is 1.97 bits per heavy atom. The lowest BCUT2D eigenvalue weighted by atomic mass is 9.95. The normalized spacial score (nSPS) is 12.8. The molecule has 0 atom stereocenters. The van der Waals surface area contributed by atoms with Gasteiger partial charge < -0.3 is 15.2 Å². The Hall–Kier alpha value is -3.93. The minimum absolute atomic E-state index is 0.472. The van der Waals surface area contributed by atoms with Crippen LogP contribution in [0.25, 0.3) is 16.8 Å². The SMILES string of the molecule is COc1c(OCc2ccccc2)ccc2c(N)c3c(cc12)CN(n1ccnc1)C=C3. The fourth-order valence-electron chi connectivity index (χ4n) is 3.87. The first-order valence-electron chi connectivity index (χ1n) is 9.76. The quantitative estimate of drug-likeness (QED) is 0.507. The molecule has 0 saturated heterocycles. The highest BCUT2D eigenvalue weighted by atomic mass is 16.5. The molecule has 1 aliphatic heterocycles. The molecule has 6 nitrogen and oxygen atoms in total. The monoisotopic (exact) mass is 398 g/mol. The molecular weight excluding hydrogens is 376 g/mol. The van der Waals surface area contributed by atoms with E-state index in [0.29, 0.717) is 24.7 Å². The van der Waals surface area contributed by atoms with E-state index in [9.17, 15) is 0 Å². The molecule has 6 heteroatoms. The number of rotatable bonds is 5. The number of nitrogens with two attached hydrogens (primary N) is 1. The van der Waals surface area contributed by atoms with E-state index in [2.05, 4.69) is 16.1 Å². The molecule has 1 aromatic heterocycles. The highest BCUT2D eigenvalue weighted by molar-refractivity contribution is 6.02. The lowest BCUT2D eigenvalue weighted by Crippen LogP contribution is -2.29. The summed E-state index contributed by atoms with van der Waals surface area (Å²) in [4.78, 5) is 4.13. The van der Waals surface area contributed by atoms with Crippen LogP contribution >= 0.6 is 0 Å². The van der Waals surface area contributed by atoms with Crippen molar-refractivity contribution < 1.29 is 9.47 Å². The van der Waals surface area contributed by atoms with Crippen LogP contribution in [0.15, 0.2) is 73.5 Å². The van der Waals surface area contributed by atoms with Gasteiger partial charge in [-0.3, -0.25) is 5.01 Å². The van der Waals surface area contributed by atoms with Crippen molar-refractivity contribution >= 4 is 22.5 Å². The number of benzene rings is 3. The average Bonchev–Trinajstić information content (AvgIpc) is 3.33. The molecule has 0 saturated carbocycles. The predicted octanol–water partition coefficient (Wildman–Crippen LogP) is 4.33. The number of fused-ring (bicyclic) bond motifs is 2. The van der Waals surface area contributed by atoms with Gasteiger partial charge in [0.15, 0.2) is 11.5 Å². The molecule has 30 heavy (non-hydrogen) atoms. The second kappa shape index (κ2) is 7.48. The summed E-state index contributed by atoms with van der Waals surface area (Å²) in [6.07, 6.45) is 9.50. The van der Waals surface area contributed by atoms with E-state index in [4.69, 9.17) is 15.2 Å².